The van der Waals surface area contributed by atoms with E-state index in [1.807, 2.05) is 30.8 Å². The first-order valence-electron chi connectivity index (χ1n) is 11.1. The van der Waals surface area contributed by atoms with Crippen LogP contribution in [0.5, 0.6) is 0 Å². The number of carbonyl (C=O) groups is 1. The van der Waals surface area contributed by atoms with Crippen molar-refractivity contribution >= 4 is 17.7 Å². The molecule has 0 bridgehead atoms. The molecule has 1 aliphatic rings. The molecular formula is C26H32O3S. The number of esters is 1. The fraction of sp³-hybridized carbons (Fsp3) is 0.500. The maximum atomic E-state index is 12.3. The quantitative estimate of drug-likeness (QED) is 0.367. The van der Waals surface area contributed by atoms with Crippen LogP contribution in [0.15, 0.2) is 39.6 Å². The van der Waals surface area contributed by atoms with Gasteiger partial charge in [0.25, 0.3) is 0 Å². The van der Waals surface area contributed by atoms with E-state index in [0.717, 1.165) is 24.8 Å². The molecule has 2 aromatic rings. The van der Waals surface area contributed by atoms with Crippen molar-refractivity contribution in [1.82, 2.24) is 0 Å². The molecule has 1 aromatic heterocycles. The molecule has 0 fully saturated rings. The largest absolute Gasteiger partial charge is 0.465 e. The summed E-state index contributed by atoms with van der Waals surface area (Å²) >= 11 is 1.95. The van der Waals surface area contributed by atoms with Crippen LogP contribution < -0.4 is 0 Å². The molecule has 0 radical (unpaired) electrons. The fourth-order valence-corrected chi connectivity index (χ4v) is 5.58. The standard InChI is InChI=1S/C26H32O3S/c1-5-9-21(25(27)28-8-4)23-14-13-20(29-23)12-10-19-11-15-24-22(18-19)26(6-2,7-3)16-17-30-24/h11,13-15,18,21H,5-9,16-17H2,1-4H3. The van der Waals surface area contributed by atoms with Gasteiger partial charge in [0, 0.05) is 10.5 Å². The number of hydrogen-bond donors (Lipinski definition) is 0. The third-order valence-electron chi connectivity index (χ3n) is 6.19. The molecule has 1 aliphatic heterocycles. The Labute approximate surface area is 185 Å². The molecule has 2 heterocycles. The molecule has 0 saturated heterocycles. The number of rotatable bonds is 7. The highest BCUT2D eigenvalue weighted by atomic mass is 32.2. The van der Waals surface area contributed by atoms with Gasteiger partial charge in [-0.15, -0.1) is 11.8 Å². The lowest BCUT2D eigenvalue weighted by atomic mass is 9.73. The van der Waals surface area contributed by atoms with Crippen LogP contribution in [0.1, 0.15) is 88.4 Å². The second-order valence-corrected chi connectivity index (χ2v) is 8.98. The molecule has 3 rings (SSSR count). The van der Waals surface area contributed by atoms with Crippen LogP contribution in [0.25, 0.3) is 0 Å². The van der Waals surface area contributed by atoms with E-state index in [-0.39, 0.29) is 17.3 Å². The van der Waals surface area contributed by atoms with Gasteiger partial charge in [-0.3, -0.25) is 4.79 Å². The smallest absolute Gasteiger partial charge is 0.316 e. The van der Waals surface area contributed by atoms with Crippen molar-refractivity contribution in [3.05, 3.63) is 53.0 Å². The van der Waals surface area contributed by atoms with Gasteiger partial charge in [0.2, 0.25) is 0 Å². The summed E-state index contributed by atoms with van der Waals surface area (Å²) in [6, 6.07) is 10.3. The number of thioether (sulfide) groups is 1. The number of ether oxygens (including phenoxy) is 1. The van der Waals surface area contributed by atoms with Crippen molar-refractivity contribution in [2.24, 2.45) is 0 Å². The van der Waals surface area contributed by atoms with Crippen molar-refractivity contribution in [2.45, 2.75) is 76.0 Å². The van der Waals surface area contributed by atoms with Crippen molar-refractivity contribution in [1.29, 1.82) is 0 Å². The first-order valence-corrected chi connectivity index (χ1v) is 12.1. The zero-order valence-electron chi connectivity index (χ0n) is 18.5. The first-order chi connectivity index (χ1) is 14.6. The molecule has 30 heavy (non-hydrogen) atoms. The molecule has 0 amide bonds. The van der Waals surface area contributed by atoms with Crippen LogP contribution in [-0.2, 0) is 14.9 Å². The third-order valence-corrected chi connectivity index (χ3v) is 7.27. The molecule has 0 aliphatic carbocycles. The molecular weight excluding hydrogens is 392 g/mol. The minimum atomic E-state index is -0.360. The Balaban J connectivity index is 1.84. The predicted octanol–water partition coefficient (Wildman–Crippen LogP) is 6.68. The van der Waals surface area contributed by atoms with E-state index in [9.17, 15) is 4.79 Å². The Hall–Kier alpha value is -2.12. The van der Waals surface area contributed by atoms with Crippen molar-refractivity contribution in [3.63, 3.8) is 0 Å². The van der Waals surface area contributed by atoms with Crippen LogP contribution in [0.3, 0.4) is 0 Å². The van der Waals surface area contributed by atoms with Crippen LogP contribution in [0.2, 0.25) is 0 Å². The highest BCUT2D eigenvalue weighted by Gasteiger charge is 2.33. The average molecular weight is 425 g/mol. The summed E-state index contributed by atoms with van der Waals surface area (Å²) in [6.07, 6.45) is 5.12. The van der Waals surface area contributed by atoms with Gasteiger partial charge in [-0.2, -0.15) is 0 Å². The van der Waals surface area contributed by atoms with E-state index in [0.29, 0.717) is 24.5 Å². The SMILES string of the molecule is CCCC(C(=O)OCC)c1ccc(C#Cc2ccc3c(c2)C(CC)(CC)CCS3)o1. The predicted molar refractivity (Wildman–Crippen MR) is 123 cm³/mol. The van der Waals surface area contributed by atoms with E-state index < -0.39 is 0 Å². The summed E-state index contributed by atoms with van der Waals surface area (Å²) in [4.78, 5) is 13.7. The third kappa shape index (κ3) is 4.78. The molecule has 1 atom stereocenters. The average Bonchev–Trinajstić information content (AvgIpc) is 3.24. The second-order valence-electron chi connectivity index (χ2n) is 7.84. The zero-order chi connectivity index (χ0) is 21.6. The number of fused-ring (bicyclic) bond motifs is 1. The minimum Gasteiger partial charge on any atom is -0.465 e. The minimum absolute atomic E-state index is 0.226. The zero-order valence-corrected chi connectivity index (χ0v) is 19.4. The molecule has 0 saturated carbocycles. The second kappa shape index (κ2) is 10.3. The fourth-order valence-electron chi connectivity index (χ4n) is 4.27. The van der Waals surface area contributed by atoms with Crippen molar-refractivity contribution < 1.29 is 13.9 Å². The Bertz CT molecular complexity index is 927. The summed E-state index contributed by atoms with van der Waals surface area (Å²) in [5.74, 6) is 8.23. The number of furan rings is 1. The lowest BCUT2D eigenvalue weighted by Gasteiger charge is -2.37. The first kappa shape index (κ1) is 22.6. The summed E-state index contributed by atoms with van der Waals surface area (Å²) in [7, 11) is 0. The Kier molecular flexibility index (Phi) is 7.72. The van der Waals surface area contributed by atoms with Gasteiger partial charge in [0.1, 0.15) is 11.7 Å². The molecule has 1 unspecified atom stereocenters. The maximum absolute atomic E-state index is 12.3. The summed E-state index contributed by atoms with van der Waals surface area (Å²) in [5, 5.41) is 0. The monoisotopic (exact) mass is 424 g/mol. The topological polar surface area (TPSA) is 39.4 Å². The molecule has 0 N–H and O–H groups in total. The van der Waals surface area contributed by atoms with Crippen molar-refractivity contribution in [3.8, 4) is 11.8 Å². The van der Waals surface area contributed by atoms with Gasteiger partial charge < -0.3 is 9.15 Å². The van der Waals surface area contributed by atoms with E-state index >= 15 is 0 Å². The summed E-state index contributed by atoms with van der Waals surface area (Å²) in [6.45, 7) is 8.84. The molecule has 1 aromatic carbocycles. The van der Waals surface area contributed by atoms with E-state index in [1.54, 1.807) is 0 Å². The lowest BCUT2D eigenvalue weighted by molar-refractivity contribution is -0.145. The highest BCUT2D eigenvalue weighted by Crippen LogP contribution is 2.46. The lowest BCUT2D eigenvalue weighted by Crippen LogP contribution is -2.28. The van der Waals surface area contributed by atoms with Gasteiger partial charge in [0.15, 0.2) is 5.76 Å². The maximum Gasteiger partial charge on any atom is 0.316 e. The van der Waals surface area contributed by atoms with Gasteiger partial charge in [-0.05, 0) is 85.6 Å². The Morgan fingerprint density at radius 1 is 1.17 bits per heavy atom. The van der Waals surface area contributed by atoms with Crippen LogP contribution in [-0.4, -0.2) is 18.3 Å². The van der Waals surface area contributed by atoms with Gasteiger partial charge in [-0.25, -0.2) is 0 Å². The molecule has 0 spiro atoms. The van der Waals surface area contributed by atoms with Crippen LogP contribution in [0.4, 0.5) is 0 Å². The van der Waals surface area contributed by atoms with E-state index in [1.165, 1.54) is 22.6 Å². The molecule has 4 heteroatoms. The molecule has 3 nitrogen and oxygen atoms in total. The van der Waals surface area contributed by atoms with Gasteiger partial charge in [0.05, 0.1) is 6.61 Å². The number of carbonyl (C=O) groups excluding carboxylic acids is 1. The van der Waals surface area contributed by atoms with E-state index in [4.69, 9.17) is 9.15 Å². The van der Waals surface area contributed by atoms with Crippen molar-refractivity contribution in [2.75, 3.05) is 12.4 Å². The summed E-state index contributed by atoms with van der Waals surface area (Å²) in [5.41, 5.74) is 2.72. The van der Waals surface area contributed by atoms with Gasteiger partial charge >= 0.3 is 5.97 Å². The Morgan fingerprint density at radius 2 is 1.97 bits per heavy atom. The van der Waals surface area contributed by atoms with Crippen LogP contribution in [0, 0.1) is 11.8 Å². The highest BCUT2D eigenvalue weighted by molar-refractivity contribution is 7.99. The van der Waals surface area contributed by atoms with Crippen LogP contribution >= 0.6 is 11.8 Å². The van der Waals surface area contributed by atoms with E-state index in [2.05, 4.69) is 50.8 Å². The number of benzene rings is 1. The number of hydrogen-bond acceptors (Lipinski definition) is 4. The van der Waals surface area contributed by atoms with Gasteiger partial charge in [-0.1, -0.05) is 33.1 Å². The molecule has 160 valence electrons. The summed E-state index contributed by atoms with van der Waals surface area (Å²) < 4.78 is 11.1. The normalized spacial score (nSPS) is 15.6. The Morgan fingerprint density at radius 3 is 2.67 bits per heavy atom.